The van der Waals surface area contributed by atoms with Crippen molar-refractivity contribution in [3.05, 3.63) is 101 Å². The molecule has 0 unspecified atom stereocenters. The summed E-state index contributed by atoms with van der Waals surface area (Å²) in [6.45, 7) is 2.77. The number of halogens is 1. The van der Waals surface area contributed by atoms with Crippen molar-refractivity contribution < 1.29 is 9.59 Å². The number of urea groups is 1. The molecule has 0 saturated carbocycles. The summed E-state index contributed by atoms with van der Waals surface area (Å²) in [5.41, 5.74) is 5.30. The van der Waals surface area contributed by atoms with E-state index in [1.54, 1.807) is 0 Å². The standard InChI is InChI=1S/C35H40ClN5O2/c1-39(2)22-24-18-27-19-29(36)12-13-33(27)41(23-24)34(42)32(20-28-21-37-31-11-7-6-10-30(28)31)38-35(43)40-16-14-26(15-17-40)25-8-4-3-5-9-25/h3-13,19,21,24,26,32,37H,14-18,20,22-23H2,1-2H3,(H,38,43)/t24-,32-/m1/s1. The summed E-state index contributed by atoms with van der Waals surface area (Å²) < 4.78 is 0. The molecule has 8 heteroatoms. The Balaban J connectivity index is 1.25. The molecule has 3 aromatic carbocycles. The van der Waals surface area contributed by atoms with Gasteiger partial charge in [-0.2, -0.15) is 0 Å². The van der Waals surface area contributed by atoms with Crippen molar-refractivity contribution in [3.8, 4) is 0 Å². The number of H-pyrrole nitrogens is 1. The summed E-state index contributed by atoms with van der Waals surface area (Å²) in [5.74, 6) is 0.607. The highest BCUT2D eigenvalue weighted by Crippen LogP contribution is 2.33. The molecule has 224 valence electrons. The number of para-hydroxylation sites is 1. The molecule has 4 aromatic rings. The summed E-state index contributed by atoms with van der Waals surface area (Å²) in [6.07, 6.45) is 5.03. The van der Waals surface area contributed by atoms with Gasteiger partial charge in [0.05, 0.1) is 0 Å². The van der Waals surface area contributed by atoms with E-state index in [9.17, 15) is 9.59 Å². The van der Waals surface area contributed by atoms with Crippen molar-refractivity contribution in [2.75, 3.05) is 45.2 Å². The number of aromatic amines is 1. The van der Waals surface area contributed by atoms with Gasteiger partial charge in [-0.25, -0.2) is 4.79 Å². The molecular formula is C35H40ClN5O2. The molecule has 0 bridgehead atoms. The molecule has 7 nitrogen and oxygen atoms in total. The first kappa shape index (κ1) is 29.3. The van der Waals surface area contributed by atoms with Crippen molar-refractivity contribution >= 4 is 40.1 Å². The molecule has 0 spiro atoms. The number of carbonyl (C=O) groups is 2. The van der Waals surface area contributed by atoms with Crippen LogP contribution in [0.2, 0.25) is 5.02 Å². The van der Waals surface area contributed by atoms with E-state index in [-0.39, 0.29) is 17.9 Å². The first-order chi connectivity index (χ1) is 20.9. The van der Waals surface area contributed by atoms with E-state index in [0.717, 1.165) is 53.5 Å². The van der Waals surface area contributed by atoms with E-state index in [2.05, 4.69) is 59.6 Å². The molecule has 1 fully saturated rings. The van der Waals surface area contributed by atoms with Crippen molar-refractivity contribution in [2.45, 2.75) is 37.6 Å². The number of aromatic nitrogens is 1. The third-order valence-electron chi connectivity index (χ3n) is 8.92. The van der Waals surface area contributed by atoms with E-state index in [4.69, 9.17) is 11.6 Å². The molecule has 43 heavy (non-hydrogen) atoms. The molecule has 2 aliphatic rings. The molecule has 2 N–H and O–H groups in total. The van der Waals surface area contributed by atoms with Crippen LogP contribution in [0.5, 0.6) is 0 Å². The number of rotatable bonds is 7. The quantitative estimate of drug-likeness (QED) is 0.271. The van der Waals surface area contributed by atoms with Gasteiger partial charge in [-0.3, -0.25) is 4.79 Å². The number of likely N-dealkylation sites (tertiary alicyclic amines) is 1. The van der Waals surface area contributed by atoms with Crippen LogP contribution in [0.3, 0.4) is 0 Å². The highest BCUT2D eigenvalue weighted by atomic mass is 35.5. The molecule has 2 aliphatic heterocycles. The average Bonchev–Trinajstić information content (AvgIpc) is 3.42. The maximum atomic E-state index is 14.5. The monoisotopic (exact) mass is 597 g/mol. The molecule has 6 rings (SSSR count). The third-order valence-corrected chi connectivity index (χ3v) is 9.15. The second-order valence-corrected chi connectivity index (χ2v) is 12.7. The lowest BCUT2D eigenvalue weighted by Crippen LogP contribution is -2.56. The maximum Gasteiger partial charge on any atom is 0.318 e. The summed E-state index contributed by atoms with van der Waals surface area (Å²) in [7, 11) is 4.11. The number of nitrogens with zero attached hydrogens (tertiary/aromatic N) is 3. The van der Waals surface area contributed by atoms with Crippen LogP contribution in [-0.2, 0) is 17.6 Å². The first-order valence-corrected chi connectivity index (χ1v) is 15.6. The molecule has 0 aliphatic carbocycles. The first-order valence-electron chi connectivity index (χ1n) is 15.3. The number of fused-ring (bicyclic) bond motifs is 2. The summed E-state index contributed by atoms with van der Waals surface area (Å²) in [4.78, 5) is 37.5. The lowest BCUT2D eigenvalue weighted by molar-refractivity contribution is -0.120. The lowest BCUT2D eigenvalue weighted by atomic mass is 9.89. The Morgan fingerprint density at radius 2 is 1.77 bits per heavy atom. The lowest BCUT2D eigenvalue weighted by Gasteiger charge is -2.38. The second-order valence-electron chi connectivity index (χ2n) is 12.3. The molecule has 0 radical (unpaired) electrons. The minimum atomic E-state index is -0.722. The third kappa shape index (κ3) is 6.58. The Kier molecular flexibility index (Phi) is 8.73. The number of nitrogens with one attached hydrogen (secondary N) is 2. The summed E-state index contributed by atoms with van der Waals surface area (Å²) in [6, 6.07) is 23.5. The van der Waals surface area contributed by atoms with Crippen LogP contribution in [-0.4, -0.2) is 73.0 Å². The van der Waals surface area contributed by atoms with E-state index < -0.39 is 6.04 Å². The van der Waals surface area contributed by atoms with Gasteiger partial charge < -0.3 is 25.0 Å². The number of piperidine rings is 1. The minimum absolute atomic E-state index is 0.0927. The Labute approximate surface area is 258 Å². The van der Waals surface area contributed by atoms with Crippen molar-refractivity contribution in [1.29, 1.82) is 0 Å². The van der Waals surface area contributed by atoms with E-state index in [1.165, 1.54) is 5.56 Å². The van der Waals surface area contributed by atoms with E-state index in [1.807, 2.05) is 58.5 Å². The van der Waals surface area contributed by atoms with Crippen molar-refractivity contribution in [1.82, 2.24) is 20.1 Å². The Morgan fingerprint density at radius 3 is 2.53 bits per heavy atom. The number of hydrogen-bond donors (Lipinski definition) is 2. The van der Waals surface area contributed by atoms with Crippen molar-refractivity contribution in [2.24, 2.45) is 5.92 Å². The fourth-order valence-corrected chi connectivity index (χ4v) is 7.05. The highest BCUT2D eigenvalue weighted by molar-refractivity contribution is 6.30. The fourth-order valence-electron chi connectivity index (χ4n) is 6.85. The Hall–Kier alpha value is -3.81. The van der Waals surface area contributed by atoms with Gasteiger partial charge in [0.15, 0.2) is 0 Å². The number of anilines is 1. The molecule has 3 amide bonds. The number of benzene rings is 3. The topological polar surface area (TPSA) is 71.7 Å². The molecule has 2 atom stereocenters. The Bertz CT molecular complexity index is 1580. The van der Waals surface area contributed by atoms with E-state index >= 15 is 0 Å². The fraction of sp³-hybridized carbons (Fsp3) is 0.371. The Morgan fingerprint density at radius 1 is 1.02 bits per heavy atom. The average molecular weight is 598 g/mol. The zero-order valence-electron chi connectivity index (χ0n) is 24.9. The van der Waals surface area contributed by atoms with Crippen LogP contribution in [0.4, 0.5) is 10.5 Å². The van der Waals surface area contributed by atoms with Gasteiger partial charge in [0.25, 0.3) is 0 Å². The summed E-state index contributed by atoms with van der Waals surface area (Å²) >= 11 is 6.39. The van der Waals surface area contributed by atoms with Crippen LogP contribution in [0, 0.1) is 5.92 Å². The van der Waals surface area contributed by atoms with Crippen molar-refractivity contribution in [3.63, 3.8) is 0 Å². The molecule has 1 aromatic heterocycles. The minimum Gasteiger partial charge on any atom is -0.361 e. The zero-order chi connectivity index (χ0) is 29.9. The van der Waals surface area contributed by atoms with Gasteiger partial charge in [0, 0.05) is 60.4 Å². The number of carbonyl (C=O) groups excluding carboxylic acids is 2. The number of amides is 3. The molecule has 1 saturated heterocycles. The van der Waals surface area contributed by atoms with Gasteiger partial charge in [-0.1, -0.05) is 60.1 Å². The summed E-state index contributed by atoms with van der Waals surface area (Å²) in [5, 5.41) is 4.91. The van der Waals surface area contributed by atoms with Gasteiger partial charge in [-0.15, -0.1) is 0 Å². The van der Waals surface area contributed by atoms with Crippen LogP contribution >= 0.6 is 11.6 Å². The van der Waals surface area contributed by atoms with Gasteiger partial charge in [0.2, 0.25) is 5.91 Å². The highest BCUT2D eigenvalue weighted by Gasteiger charge is 2.35. The normalized spacial score (nSPS) is 18.1. The van der Waals surface area contributed by atoms with Crippen LogP contribution in [0.15, 0.2) is 79.0 Å². The van der Waals surface area contributed by atoms with E-state index in [0.29, 0.717) is 37.0 Å². The number of hydrogen-bond acceptors (Lipinski definition) is 3. The SMILES string of the molecule is CN(C)C[C@H]1Cc2cc(Cl)ccc2N(C(=O)[C@@H](Cc2c[nH]c3ccccc23)NC(=O)N2CCC(c3ccccc3)CC2)C1. The maximum absolute atomic E-state index is 14.5. The molecule has 3 heterocycles. The predicted octanol–water partition coefficient (Wildman–Crippen LogP) is 6.09. The van der Waals surface area contributed by atoms with Crippen LogP contribution in [0.25, 0.3) is 10.9 Å². The predicted molar refractivity (Wildman–Crippen MR) is 174 cm³/mol. The van der Waals surface area contributed by atoms with Gasteiger partial charge in [0.1, 0.15) is 6.04 Å². The second kappa shape index (κ2) is 12.8. The van der Waals surface area contributed by atoms with Gasteiger partial charge in [-0.05, 0) is 86.1 Å². The zero-order valence-corrected chi connectivity index (χ0v) is 25.7. The van der Waals surface area contributed by atoms with Crippen LogP contribution in [0.1, 0.15) is 35.4 Å². The molecular weight excluding hydrogens is 558 g/mol. The smallest absolute Gasteiger partial charge is 0.318 e. The largest absolute Gasteiger partial charge is 0.361 e. The van der Waals surface area contributed by atoms with Crippen LogP contribution < -0.4 is 10.2 Å². The van der Waals surface area contributed by atoms with Gasteiger partial charge >= 0.3 is 6.03 Å².